The first-order valence-corrected chi connectivity index (χ1v) is 7.34. The van der Waals surface area contributed by atoms with Crippen LogP contribution in [0.15, 0.2) is 24.3 Å². The number of carbonyl (C=O) groups excluding carboxylic acids is 2. The Hall–Kier alpha value is -2.04. The predicted octanol–water partition coefficient (Wildman–Crippen LogP) is 1.28. The van der Waals surface area contributed by atoms with E-state index < -0.39 is 0 Å². The maximum Gasteiger partial charge on any atom is 0.244 e. The predicted molar refractivity (Wildman–Crippen MR) is 82.6 cm³/mol. The van der Waals surface area contributed by atoms with Gasteiger partial charge in [0.25, 0.3) is 0 Å². The number of aryl methyl sites for hydroxylation is 1. The van der Waals surface area contributed by atoms with Crippen LogP contribution in [0.2, 0.25) is 0 Å². The van der Waals surface area contributed by atoms with Gasteiger partial charge in [0.1, 0.15) is 6.04 Å². The zero-order valence-corrected chi connectivity index (χ0v) is 12.7. The molecule has 0 saturated carbocycles. The van der Waals surface area contributed by atoms with Crippen LogP contribution in [0.5, 0.6) is 0 Å². The van der Waals surface area contributed by atoms with Crippen LogP contribution in [0, 0.1) is 0 Å². The summed E-state index contributed by atoms with van der Waals surface area (Å²) in [5, 5.41) is 0. The molecule has 1 aromatic rings. The molecule has 1 atom stereocenters. The van der Waals surface area contributed by atoms with E-state index in [1.165, 1.54) is 0 Å². The number of hydrogen-bond acceptors (Lipinski definition) is 3. The molecule has 2 amide bonds. The van der Waals surface area contributed by atoms with Crippen molar-refractivity contribution < 1.29 is 9.59 Å². The molecular formula is C16H23N3O2. The second kappa shape index (κ2) is 6.61. The molecule has 1 saturated heterocycles. The first-order valence-electron chi connectivity index (χ1n) is 7.34. The van der Waals surface area contributed by atoms with Crippen LogP contribution in [0.3, 0.4) is 0 Å². The summed E-state index contributed by atoms with van der Waals surface area (Å²) < 4.78 is 0. The number of amides is 2. The number of carbonyl (C=O) groups is 2. The second-order valence-electron chi connectivity index (χ2n) is 5.68. The van der Waals surface area contributed by atoms with Crippen molar-refractivity contribution >= 4 is 17.5 Å². The van der Waals surface area contributed by atoms with Gasteiger partial charge in [0.05, 0.1) is 0 Å². The highest BCUT2D eigenvalue weighted by molar-refractivity contribution is 5.88. The first kappa shape index (κ1) is 15.4. The van der Waals surface area contributed by atoms with Crippen LogP contribution in [0.25, 0.3) is 0 Å². The molecule has 1 aliphatic rings. The zero-order chi connectivity index (χ0) is 15.4. The van der Waals surface area contributed by atoms with Gasteiger partial charge in [-0.2, -0.15) is 0 Å². The summed E-state index contributed by atoms with van der Waals surface area (Å²) in [5.41, 5.74) is 7.59. The largest absolute Gasteiger partial charge is 0.399 e. The molecular weight excluding hydrogens is 266 g/mol. The van der Waals surface area contributed by atoms with Gasteiger partial charge in [0.2, 0.25) is 11.8 Å². The van der Waals surface area contributed by atoms with Gasteiger partial charge < -0.3 is 15.5 Å². The highest BCUT2D eigenvalue weighted by Gasteiger charge is 2.34. The number of likely N-dealkylation sites (N-methyl/N-ethyl adjacent to an activating group) is 1. The number of nitrogens with zero attached hydrogens (tertiary/aromatic N) is 2. The van der Waals surface area contributed by atoms with Gasteiger partial charge in [-0.25, -0.2) is 0 Å². The minimum atomic E-state index is -0.291. The third-order valence-corrected chi connectivity index (χ3v) is 3.96. The van der Waals surface area contributed by atoms with Crippen LogP contribution < -0.4 is 5.73 Å². The lowest BCUT2D eigenvalue weighted by Crippen LogP contribution is -2.45. The fraction of sp³-hybridized carbons (Fsp3) is 0.500. The maximum atomic E-state index is 12.4. The van der Waals surface area contributed by atoms with Crippen LogP contribution >= 0.6 is 0 Å². The summed E-state index contributed by atoms with van der Waals surface area (Å²) in [6.45, 7) is 0.674. The van der Waals surface area contributed by atoms with Crippen molar-refractivity contribution in [1.82, 2.24) is 9.80 Å². The summed E-state index contributed by atoms with van der Waals surface area (Å²) in [7, 11) is 3.46. The topological polar surface area (TPSA) is 66.6 Å². The summed E-state index contributed by atoms with van der Waals surface area (Å²) in [4.78, 5) is 27.8. The van der Waals surface area contributed by atoms with Crippen molar-refractivity contribution in [3.05, 3.63) is 29.8 Å². The molecule has 5 heteroatoms. The fourth-order valence-corrected chi connectivity index (χ4v) is 2.77. The monoisotopic (exact) mass is 289 g/mol. The van der Waals surface area contributed by atoms with Crippen molar-refractivity contribution in [2.24, 2.45) is 0 Å². The lowest BCUT2D eigenvalue weighted by Gasteiger charge is -2.26. The van der Waals surface area contributed by atoms with Crippen molar-refractivity contribution in [2.45, 2.75) is 31.7 Å². The number of nitrogen functional groups attached to an aromatic ring is 1. The minimum absolute atomic E-state index is 0.0140. The van der Waals surface area contributed by atoms with Gasteiger partial charge in [-0.15, -0.1) is 0 Å². The Morgan fingerprint density at radius 2 is 2.05 bits per heavy atom. The molecule has 2 rings (SSSR count). The minimum Gasteiger partial charge on any atom is -0.399 e. The molecule has 0 aliphatic carbocycles. The summed E-state index contributed by atoms with van der Waals surface area (Å²) in [6, 6.07) is 7.29. The summed E-state index contributed by atoms with van der Waals surface area (Å²) in [6.07, 6.45) is 2.66. The number of anilines is 1. The third-order valence-electron chi connectivity index (χ3n) is 3.96. The maximum absolute atomic E-state index is 12.4. The fourth-order valence-electron chi connectivity index (χ4n) is 2.77. The van der Waals surface area contributed by atoms with Gasteiger partial charge in [-0.1, -0.05) is 18.2 Å². The standard InChI is InChI=1S/C16H23N3O2/c1-18(2)16(21)14-8-5-11-19(14)15(20)10-9-12-6-3-4-7-13(12)17/h3-4,6-7,14H,5,8-11,17H2,1-2H3. The Morgan fingerprint density at radius 3 is 2.71 bits per heavy atom. The van der Waals surface area contributed by atoms with Crippen molar-refractivity contribution in [2.75, 3.05) is 26.4 Å². The lowest BCUT2D eigenvalue weighted by atomic mass is 10.1. The van der Waals surface area contributed by atoms with E-state index in [0.717, 1.165) is 18.4 Å². The molecule has 114 valence electrons. The number of para-hydroxylation sites is 1. The van der Waals surface area contributed by atoms with Crippen LogP contribution in [0.1, 0.15) is 24.8 Å². The quantitative estimate of drug-likeness (QED) is 0.849. The number of rotatable bonds is 4. The van der Waals surface area contributed by atoms with Crippen LogP contribution in [-0.4, -0.2) is 48.3 Å². The molecule has 1 heterocycles. The molecule has 5 nitrogen and oxygen atoms in total. The SMILES string of the molecule is CN(C)C(=O)C1CCCN1C(=O)CCc1ccccc1N. The molecule has 1 aromatic carbocycles. The van der Waals surface area contributed by atoms with Gasteiger partial charge in [-0.3, -0.25) is 9.59 Å². The first-order chi connectivity index (χ1) is 10.0. The number of hydrogen-bond donors (Lipinski definition) is 1. The molecule has 0 radical (unpaired) electrons. The Morgan fingerprint density at radius 1 is 1.33 bits per heavy atom. The molecule has 1 fully saturated rings. The van der Waals surface area contributed by atoms with Gasteiger partial charge in [-0.05, 0) is 30.9 Å². The average Bonchev–Trinajstić information content (AvgIpc) is 2.94. The van der Waals surface area contributed by atoms with Crippen molar-refractivity contribution in [1.29, 1.82) is 0 Å². The van der Waals surface area contributed by atoms with Crippen molar-refractivity contribution in [3.8, 4) is 0 Å². The van der Waals surface area contributed by atoms with Crippen LogP contribution in [0.4, 0.5) is 5.69 Å². The molecule has 0 bridgehead atoms. The highest BCUT2D eigenvalue weighted by atomic mass is 16.2. The Labute approximate surface area is 125 Å². The Kier molecular flexibility index (Phi) is 4.83. The summed E-state index contributed by atoms with van der Waals surface area (Å²) in [5.74, 6) is 0.0519. The van der Waals surface area contributed by atoms with E-state index >= 15 is 0 Å². The third kappa shape index (κ3) is 3.54. The average molecular weight is 289 g/mol. The number of nitrogens with two attached hydrogens (primary N) is 1. The van der Waals surface area contributed by atoms with E-state index in [1.54, 1.807) is 23.9 Å². The van der Waals surface area contributed by atoms with E-state index in [-0.39, 0.29) is 17.9 Å². The Bertz CT molecular complexity index is 528. The van der Waals surface area contributed by atoms with Crippen LogP contribution in [-0.2, 0) is 16.0 Å². The second-order valence-corrected chi connectivity index (χ2v) is 5.68. The van der Waals surface area contributed by atoms with E-state index in [1.807, 2.05) is 24.3 Å². The molecule has 0 spiro atoms. The number of likely N-dealkylation sites (tertiary alicyclic amines) is 1. The molecule has 21 heavy (non-hydrogen) atoms. The Balaban J connectivity index is 1.97. The van der Waals surface area contributed by atoms with Gasteiger partial charge in [0, 0.05) is 32.7 Å². The molecule has 1 aliphatic heterocycles. The van der Waals surface area contributed by atoms with E-state index in [4.69, 9.17) is 5.73 Å². The molecule has 0 aromatic heterocycles. The number of benzene rings is 1. The highest BCUT2D eigenvalue weighted by Crippen LogP contribution is 2.21. The normalized spacial score (nSPS) is 17.8. The van der Waals surface area contributed by atoms with Gasteiger partial charge >= 0.3 is 0 Å². The zero-order valence-electron chi connectivity index (χ0n) is 12.7. The van der Waals surface area contributed by atoms with E-state index in [2.05, 4.69) is 0 Å². The lowest BCUT2D eigenvalue weighted by molar-refractivity contribution is -0.142. The van der Waals surface area contributed by atoms with Crippen molar-refractivity contribution in [3.63, 3.8) is 0 Å². The van der Waals surface area contributed by atoms with E-state index in [9.17, 15) is 9.59 Å². The smallest absolute Gasteiger partial charge is 0.244 e. The summed E-state index contributed by atoms with van der Waals surface area (Å²) >= 11 is 0. The van der Waals surface area contributed by atoms with E-state index in [0.29, 0.717) is 25.1 Å². The molecule has 2 N–H and O–H groups in total. The molecule has 1 unspecified atom stereocenters. The van der Waals surface area contributed by atoms with Gasteiger partial charge in [0.15, 0.2) is 0 Å².